The molecule has 0 aliphatic carbocycles. The first-order valence-electron chi connectivity index (χ1n) is 11.1. The molecule has 0 bridgehead atoms. The number of anilines is 2. The Bertz CT molecular complexity index is 955. The SMILES string of the molecule is CCOc1c(Nc2ccc(SOOC)nc2C)ncnc1OC1CCN(C(=O)OC(C)C)CC1. The van der Waals surface area contributed by atoms with Gasteiger partial charge in [0.15, 0.2) is 5.82 Å². The smallest absolute Gasteiger partial charge is 0.410 e. The summed E-state index contributed by atoms with van der Waals surface area (Å²) in [6, 6.07) is 3.67. The van der Waals surface area contributed by atoms with E-state index in [1.54, 1.807) is 11.0 Å². The Labute approximate surface area is 203 Å². The van der Waals surface area contributed by atoms with Crippen LogP contribution in [0.2, 0.25) is 0 Å². The molecule has 3 heterocycles. The molecule has 2 aromatic heterocycles. The lowest BCUT2D eigenvalue weighted by molar-refractivity contribution is -0.160. The van der Waals surface area contributed by atoms with E-state index in [9.17, 15) is 4.79 Å². The fourth-order valence-electron chi connectivity index (χ4n) is 3.31. The van der Waals surface area contributed by atoms with E-state index in [1.165, 1.54) is 13.4 Å². The van der Waals surface area contributed by atoms with E-state index in [1.807, 2.05) is 33.8 Å². The van der Waals surface area contributed by atoms with Crippen LogP contribution in [-0.2, 0) is 14.0 Å². The van der Waals surface area contributed by atoms with Crippen molar-refractivity contribution in [3.63, 3.8) is 0 Å². The first-order valence-corrected chi connectivity index (χ1v) is 11.9. The predicted octanol–water partition coefficient (Wildman–Crippen LogP) is 4.30. The zero-order chi connectivity index (χ0) is 24.5. The van der Waals surface area contributed by atoms with E-state index in [0.29, 0.717) is 55.0 Å². The molecule has 0 saturated carbocycles. The van der Waals surface area contributed by atoms with Gasteiger partial charge in [0.25, 0.3) is 5.88 Å². The van der Waals surface area contributed by atoms with Crippen LogP contribution in [0.1, 0.15) is 39.3 Å². The zero-order valence-corrected chi connectivity index (χ0v) is 20.9. The average Bonchev–Trinajstić information content (AvgIpc) is 2.81. The number of aromatic nitrogens is 3. The monoisotopic (exact) mass is 493 g/mol. The van der Waals surface area contributed by atoms with Gasteiger partial charge in [0.2, 0.25) is 5.75 Å². The highest BCUT2D eigenvalue weighted by Gasteiger charge is 2.27. The van der Waals surface area contributed by atoms with Crippen molar-refractivity contribution in [2.24, 2.45) is 0 Å². The minimum absolute atomic E-state index is 0.106. The van der Waals surface area contributed by atoms with Gasteiger partial charge in [-0.25, -0.2) is 19.7 Å². The fraction of sp³-hybridized carbons (Fsp3) is 0.545. The number of nitrogens with one attached hydrogen (secondary N) is 1. The quantitative estimate of drug-likeness (QED) is 0.290. The number of amides is 1. The molecule has 1 saturated heterocycles. The Morgan fingerprint density at radius 2 is 2.03 bits per heavy atom. The molecule has 0 atom stereocenters. The van der Waals surface area contributed by atoms with Crippen molar-refractivity contribution in [1.82, 2.24) is 19.9 Å². The van der Waals surface area contributed by atoms with Crippen LogP contribution in [-0.4, -0.2) is 65.0 Å². The van der Waals surface area contributed by atoms with Crippen LogP contribution < -0.4 is 14.8 Å². The van der Waals surface area contributed by atoms with Crippen molar-refractivity contribution >= 4 is 29.6 Å². The van der Waals surface area contributed by atoms with Gasteiger partial charge in [-0.15, -0.1) is 0 Å². The normalized spacial score (nSPS) is 14.2. The topological polar surface area (TPSA) is 117 Å². The van der Waals surface area contributed by atoms with Gasteiger partial charge in [-0.1, -0.05) is 0 Å². The van der Waals surface area contributed by atoms with Gasteiger partial charge in [0.05, 0.1) is 43.2 Å². The summed E-state index contributed by atoms with van der Waals surface area (Å²) in [5.41, 5.74) is 1.50. The van der Waals surface area contributed by atoms with E-state index in [4.69, 9.17) is 18.5 Å². The molecule has 1 aliphatic heterocycles. The highest BCUT2D eigenvalue weighted by molar-refractivity contribution is 7.94. The summed E-state index contributed by atoms with van der Waals surface area (Å²) in [4.78, 5) is 31.6. The first kappa shape index (κ1) is 25.8. The standard InChI is InChI=1S/C22H31N5O6S/c1-6-30-19-20(26-17-7-8-18(25-15(17)4)34-33-29-5)23-13-24-21(19)32-16-9-11-27(12-10-16)22(28)31-14(2)3/h7-8,13-14,16H,6,9-12H2,1-5H3,(H,23,24,26). The molecule has 2 aromatic rings. The molecule has 1 aliphatic rings. The van der Waals surface area contributed by atoms with Gasteiger partial charge in [-0.2, -0.15) is 9.32 Å². The van der Waals surface area contributed by atoms with Crippen LogP contribution in [0.3, 0.4) is 0 Å². The largest absolute Gasteiger partial charge is 0.486 e. The minimum atomic E-state index is -0.292. The maximum absolute atomic E-state index is 12.1. The van der Waals surface area contributed by atoms with Crippen molar-refractivity contribution in [2.45, 2.75) is 57.8 Å². The molecule has 0 aromatic carbocycles. The lowest BCUT2D eigenvalue weighted by atomic mass is 10.1. The van der Waals surface area contributed by atoms with Gasteiger partial charge in [0.1, 0.15) is 17.5 Å². The second-order valence-electron chi connectivity index (χ2n) is 7.75. The average molecular weight is 494 g/mol. The van der Waals surface area contributed by atoms with Gasteiger partial charge in [-0.05, 0) is 39.8 Å². The highest BCUT2D eigenvalue weighted by atomic mass is 32.2. The van der Waals surface area contributed by atoms with Gasteiger partial charge < -0.3 is 24.4 Å². The van der Waals surface area contributed by atoms with E-state index in [0.717, 1.165) is 23.4 Å². The first-order chi connectivity index (χ1) is 16.4. The van der Waals surface area contributed by atoms with E-state index in [-0.39, 0.29) is 18.3 Å². The Hall–Kier alpha value is -2.83. The Balaban J connectivity index is 1.69. The molecule has 34 heavy (non-hydrogen) atoms. The summed E-state index contributed by atoms with van der Waals surface area (Å²) in [6.07, 6.45) is 2.21. The molecule has 1 amide bonds. The van der Waals surface area contributed by atoms with Crippen molar-refractivity contribution in [3.8, 4) is 11.6 Å². The predicted molar refractivity (Wildman–Crippen MR) is 126 cm³/mol. The second kappa shape index (κ2) is 12.6. The molecule has 11 nitrogen and oxygen atoms in total. The van der Waals surface area contributed by atoms with E-state index >= 15 is 0 Å². The van der Waals surface area contributed by atoms with Gasteiger partial charge in [0, 0.05) is 25.9 Å². The van der Waals surface area contributed by atoms with Crippen molar-refractivity contribution in [3.05, 3.63) is 24.2 Å². The van der Waals surface area contributed by atoms with Crippen LogP contribution in [0, 0.1) is 6.92 Å². The number of piperidine rings is 1. The number of ether oxygens (including phenoxy) is 3. The Morgan fingerprint density at radius 3 is 2.68 bits per heavy atom. The molecule has 0 unspecified atom stereocenters. The summed E-state index contributed by atoms with van der Waals surface area (Å²) in [5.74, 6) is 1.25. The molecular formula is C22H31N5O6S. The third-order valence-electron chi connectivity index (χ3n) is 4.88. The summed E-state index contributed by atoms with van der Waals surface area (Å²) in [5, 5.41) is 3.92. The second-order valence-corrected chi connectivity index (χ2v) is 8.47. The molecule has 1 N–H and O–H groups in total. The number of likely N-dealkylation sites (tertiary alicyclic amines) is 1. The summed E-state index contributed by atoms with van der Waals surface area (Å²) < 4.78 is 22.2. The maximum Gasteiger partial charge on any atom is 0.410 e. The molecule has 3 rings (SSSR count). The minimum Gasteiger partial charge on any atom is -0.486 e. The molecular weight excluding hydrogens is 462 g/mol. The summed E-state index contributed by atoms with van der Waals surface area (Å²) in [7, 11) is 1.43. The number of aryl methyl sites for hydroxylation is 1. The Kier molecular flexibility index (Phi) is 9.54. The number of rotatable bonds is 10. The summed E-state index contributed by atoms with van der Waals surface area (Å²) in [6.45, 7) is 8.95. The van der Waals surface area contributed by atoms with Crippen LogP contribution in [0.4, 0.5) is 16.3 Å². The fourth-order valence-corrected chi connectivity index (χ4v) is 3.74. The number of hydrogen-bond donors (Lipinski definition) is 1. The van der Waals surface area contributed by atoms with Crippen LogP contribution >= 0.6 is 12.0 Å². The number of nitrogens with zero attached hydrogens (tertiary/aromatic N) is 4. The number of carbonyl (C=O) groups is 1. The van der Waals surface area contributed by atoms with Gasteiger partial charge in [-0.3, -0.25) is 0 Å². The molecule has 1 fully saturated rings. The van der Waals surface area contributed by atoms with E-state index < -0.39 is 0 Å². The van der Waals surface area contributed by atoms with Crippen LogP contribution in [0.25, 0.3) is 0 Å². The maximum atomic E-state index is 12.1. The third kappa shape index (κ3) is 7.08. The highest BCUT2D eigenvalue weighted by Crippen LogP contribution is 2.35. The molecule has 186 valence electrons. The molecule has 0 radical (unpaired) electrons. The van der Waals surface area contributed by atoms with Gasteiger partial charge >= 0.3 is 6.09 Å². The lowest BCUT2D eigenvalue weighted by Crippen LogP contribution is -2.42. The van der Waals surface area contributed by atoms with Crippen LogP contribution in [0.5, 0.6) is 11.6 Å². The van der Waals surface area contributed by atoms with Crippen molar-refractivity contribution < 1.29 is 28.2 Å². The molecule has 0 spiro atoms. The van der Waals surface area contributed by atoms with Crippen molar-refractivity contribution in [1.29, 1.82) is 0 Å². The zero-order valence-electron chi connectivity index (χ0n) is 20.1. The Morgan fingerprint density at radius 1 is 1.26 bits per heavy atom. The number of pyridine rings is 1. The number of hydrogen-bond acceptors (Lipinski definition) is 11. The lowest BCUT2D eigenvalue weighted by Gasteiger charge is -2.32. The van der Waals surface area contributed by atoms with E-state index in [2.05, 4.69) is 25.2 Å². The van der Waals surface area contributed by atoms with Crippen molar-refractivity contribution in [2.75, 3.05) is 32.1 Å². The molecule has 12 heteroatoms. The third-order valence-corrected chi connectivity index (χ3v) is 5.48. The summed E-state index contributed by atoms with van der Waals surface area (Å²) >= 11 is 1.02. The number of carbonyl (C=O) groups excluding carboxylic acids is 1. The van der Waals surface area contributed by atoms with Crippen LogP contribution in [0.15, 0.2) is 23.5 Å².